The van der Waals surface area contributed by atoms with Crippen LogP contribution in [0.2, 0.25) is 0 Å². The summed E-state index contributed by atoms with van der Waals surface area (Å²) in [5, 5.41) is 0. The molecule has 0 radical (unpaired) electrons. The van der Waals surface area contributed by atoms with Gasteiger partial charge in [-0.3, -0.25) is 4.79 Å². The highest BCUT2D eigenvalue weighted by Crippen LogP contribution is 2.24. The van der Waals surface area contributed by atoms with Crippen LogP contribution in [-0.2, 0) is 24.2 Å². The van der Waals surface area contributed by atoms with E-state index in [1.807, 2.05) is 41.3 Å². The van der Waals surface area contributed by atoms with Crippen LogP contribution >= 0.6 is 15.9 Å². The smallest absolute Gasteiger partial charge is 0.227 e. The van der Waals surface area contributed by atoms with Crippen LogP contribution in [0, 0.1) is 0 Å². The second-order valence-corrected chi connectivity index (χ2v) is 6.27. The standard InChI is InChI=1S/C17H17BrN2O/c18-14-6-4-12(5-7-14)10-17(21)20-9-8-13-2-1-3-16(19)15(13)11-20/h1-7H,8-11,19H2. The summed E-state index contributed by atoms with van der Waals surface area (Å²) in [5.41, 5.74) is 10.2. The number of hydrogen-bond donors (Lipinski definition) is 1. The van der Waals surface area contributed by atoms with Gasteiger partial charge in [-0.15, -0.1) is 0 Å². The Hall–Kier alpha value is -1.81. The van der Waals surface area contributed by atoms with Crippen molar-refractivity contribution in [2.75, 3.05) is 12.3 Å². The van der Waals surface area contributed by atoms with Gasteiger partial charge in [0.2, 0.25) is 5.91 Å². The maximum Gasteiger partial charge on any atom is 0.227 e. The van der Waals surface area contributed by atoms with Gasteiger partial charge < -0.3 is 10.6 Å². The van der Waals surface area contributed by atoms with E-state index in [2.05, 4.69) is 22.0 Å². The largest absolute Gasteiger partial charge is 0.398 e. The topological polar surface area (TPSA) is 46.3 Å². The van der Waals surface area contributed by atoms with E-state index in [0.29, 0.717) is 13.0 Å². The van der Waals surface area contributed by atoms with Gasteiger partial charge in [0.05, 0.1) is 6.42 Å². The van der Waals surface area contributed by atoms with E-state index < -0.39 is 0 Å². The van der Waals surface area contributed by atoms with Gasteiger partial charge in [-0.2, -0.15) is 0 Å². The van der Waals surface area contributed by atoms with Crippen LogP contribution in [0.25, 0.3) is 0 Å². The van der Waals surface area contributed by atoms with Crippen LogP contribution in [0.4, 0.5) is 5.69 Å². The first-order valence-corrected chi connectivity index (χ1v) is 7.81. The van der Waals surface area contributed by atoms with Crippen LogP contribution in [0.3, 0.4) is 0 Å². The number of amides is 1. The van der Waals surface area contributed by atoms with E-state index in [0.717, 1.165) is 34.3 Å². The lowest BCUT2D eigenvalue weighted by Crippen LogP contribution is -2.37. The van der Waals surface area contributed by atoms with Gasteiger partial charge in [-0.1, -0.05) is 40.2 Å². The normalized spacial score (nSPS) is 13.9. The highest BCUT2D eigenvalue weighted by atomic mass is 79.9. The first kappa shape index (κ1) is 14.1. The molecule has 108 valence electrons. The van der Waals surface area contributed by atoms with Crippen LogP contribution in [-0.4, -0.2) is 17.4 Å². The molecular formula is C17H17BrN2O. The fourth-order valence-electron chi connectivity index (χ4n) is 2.71. The van der Waals surface area contributed by atoms with Gasteiger partial charge in [0, 0.05) is 23.2 Å². The number of hydrogen-bond acceptors (Lipinski definition) is 2. The van der Waals surface area contributed by atoms with Gasteiger partial charge in [0.1, 0.15) is 0 Å². The Morgan fingerprint density at radius 3 is 2.71 bits per heavy atom. The average Bonchev–Trinajstić information content (AvgIpc) is 2.50. The van der Waals surface area contributed by atoms with Crippen molar-refractivity contribution in [3.63, 3.8) is 0 Å². The third-order valence-corrected chi connectivity index (χ3v) is 4.46. The summed E-state index contributed by atoms with van der Waals surface area (Å²) in [6.45, 7) is 1.39. The molecule has 0 unspecified atom stereocenters. The molecule has 0 saturated carbocycles. The van der Waals surface area contributed by atoms with Gasteiger partial charge in [-0.05, 0) is 41.3 Å². The maximum absolute atomic E-state index is 12.4. The molecule has 0 saturated heterocycles. The number of fused-ring (bicyclic) bond motifs is 1. The number of carbonyl (C=O) groups is 1. The van der Waals surface area contributed by atoms with E-state index in [9.17, 15) is 4.79 Å². The van der Waals surface area contributed by atoms with E-state index in [-0.39, 0.29) is 5.91 Å². The van der Waals surface area contributed by atoms with Crippen LogP contribution < -0.4 is 5.73 Å². The number of nitrogens with two attached hydrogens (primary N) is 1. The van der Waals surface area contributed by atoms with Crippen molar-refractivity contribution in [3.8, 4) is 0 Å². The van der Waals surface area contributed by atoms with E-state index in [1.165, 1.54) is 5.56 Å². The molecular weight excluding hydrogens is 328 g/mol. The van der Waals surface area contributed by atoms with Gasteiger partial charge >= 0.3 is 0 Å². The van der Waals surface area contributed by atoms with Crippen molar-refractivity contribution in [1.82, 2.24) is 4.90 Å². The molecule has 4 heteroatoms. The summed E-state index contributed by atoms with van der Waals surface area (Å²) < 4.78 is 1.03. The van der Waals surface area contributed by atoms with Crippen LogP contribution in [0.1, 0.15) is 16.7 Å². The molecule has 2 N–H and O–H groups in total. The van der Waals surface area contributed by atoms with E-state index in [4.69, 9.17) is 5.73 Å². The molecule has 0 atom stereocenters. The molecule has 0 bridgehead atoms. The van der Waals surface area contributed by atoms with Crippen molar-refractivity contribution in [2.24, 2.45) is 0 Å². The molecule has 0 spiro atoms. The van der Waals surface area contributed by atoms with E-state index >= 15 is 0 Å². The average molecular weight is 345 g/mol. The summed E-state index contributed by atoms with van der Waals surface area (Å²) in [6, 6.07) is 13.9. The van der Waals surface area contributed by atoms with Crippen molar-refractivity contribution < 1.29 is 4.79 Å². The molecule has 0 aromatic heterocycles. The molecule has 21 heavy (non-hydrogen) atoms. The number of nitrogens with zero attached hydrogens (tertiary/aromatic N) is 1. The molecule has 0 fully saturated rings. The second kappa shape index (κ2) is 5.90. The Morgan fingerprint density at radius 2 is 1.95 bits per heavy atom. The minimum Gasteiger partial charge on any atom is -0.398 e. The van der Waals surface area contributed by atoms with E-state index in [1.54, 1.807) is 0 Å². The molecule has 2 aromatic rings. The van der Waals surface area contributed by atoms with Crippen LogP contribution in [0.15, 0.2) is 46.9 Å². The molecule has 3 rings (SSSR count). The Kier molecular flexibility index (Phi) is 3.97. The third-order valence-electron chi connectivity index (χ3n) is 3.93. The zero-order valence-corrected chi connectivity index (χ0v) is 13.3. The zero-order valence-electron chi connectivity index (χ0n) is 11.7. The number of anilines is 1. The zero-order chi connectivity index (χ0) is 14.8. The third kappa shape index (κ3) is 3.10. The minimum atomic E-state index is 0.159. The van der Waals surface area contributed by atoms with Gasteiger partial charge in [-0.25, -0.2) is 0 Å². The summed E-state index contributed by atoms with van der Waals surface area (Å²) in [7, 11) is 0. The molecule has 0 aliphatic carbocycles. The Balaban J connectivity index is 1.72. The van der Waals surface area contributed by atoms with Crippen molar-refractivity contribution in [1.29, 1.82) is 0 Å². The predicted molar refractivity (Wildman–Crippen MR) is 87.8 cm³/mol. The second-order valence-electron chi connectivity index (χ2n) is 5.35. The molecule has 2 aromatic carbocycles. The number of nitrogen functional groups attached to an aromatic ring is 1. The molecule has 1 aliphatic heterocycles. The lowest BCUT2D eigenvalue weighted by Gasteiger charge is -2.29. The highest BCUT2D eigenvalue weighted by molar-refractivity contribution is 9.10. The lowest BCUT2D eigenvalue weighted by atomic mass is 9.97. The lowest BCUT2D eigenvalue weighted by molar-refractivity contribution is -0.131. The minimum absolute atomic E-state index is 0.159. The SMILES string of the molecule is Nc1cccc2c1CN(C(=O)Cc1ccc(Br)cc1)CC2. The Morgan fingerprint density at radius 1 is 1.19 bits per heavy atom. The first-order valence-electron chi connectivity index (χ1n) is 7.02. The number of benzene rings is 2. The fourth-order valence-corrected chi connectivity index (χ4v) is 2.97. The fraction of sp³-hybridized carbons (Fsp3) is 0.235. The Labute approximate surface area is 132 Å². The van der Waals surface area contributed by atoms with Gasteiger partial charge in [0.15, 0.2) is 0 Å². The first-order chi connectivity index (χ1) is 10.1. The van der Waals surface area contributed by atoms with Crippen LogP contribution in [0.5, 0.6) is 0 Å². The highest BCUT2D eigenvalue weighted by Gasteiger charge is 2.21. The molecule has 1 heterocycles. The molecule has 1 aliphatic rings. The van der Waals surface area contributed by atoms with Crippen molar-refractivity contribution in [2.45, 2.75) is 19.4 Å². The Bertz CT molecular complexity index is 667. The number of rotatable bonds is 2. The quantitative estimate of drug-likeness (QED) is 0.850. The summed E-state index contributed by atoms with van der Waals surface area (Å²) in [6.07, 6.45) is 1.32. The predicted octanol–water partition coefficient (Wildman–Crippen LogP) is 3.16. The molecule has 3 nitrogen and oxygen atoms in total. The monoisotopic (exact) mass is 344 g/mol. The number of halogens is 1. The molecule has 1 amide bonds. The summed E-state index contributed by atoms with van der Waals surface area (Å²) in [5.74, 6) is 0.159. The number of carbonyl (C=O) groups excluding carboxylic acids is 1. The summed E-state index contributed by atoms with van der Waals surface area (Å²) >= 11 is 3.41. The maximum atomic E-state index is 12.4. The van der Waals surface area contributed by atoms with Crippen molar-refractivity contribution >= 4 is 27.5 Å². The van der Waals surface area contributed by atoms with Gasteiger partial charge in [0.25, 0.3) is 0 Å². The van der Waals surface area contributed by atoms with Crippen molar-refractivity contribution in [3.05, 3.63) is 63.6 Å². The summed E-state index contributed by atoms with van der Waals surface area (Å²) in [4.78, 5) is 14.4.